The molecule has 2 N–H and O–H groups in total. The third-order valence-corrected chi connectivity index (χ3v) is 5.23. The number of aliphatic imine (C=N–C) groups is 1. The summed E-state index contributed by atoms with van der Waals surface area (Å²) in [6.45, 7) is 15.5. The van der Waals surface area contributed by atoms with E-state index in [-0.39, 0.29) is 30.1 Å². The molecule has 1 aromatic rings. The average molecular weight is 565 g/mol. The lowest BCUT2D eigenvalue weighted by atomic mass is 10.1. The van der Waals surface area contributed by atoms with E-state index in [1.807, 2.05) is 20.8 Å². The van der Waals surface area contributed by atoms with Crippen molar-refractivity contribution in [3.63, 3.8) is 0 Å². The Morgan fingerprint density at radius 3 is 2.41 bits per heavy atom. The number of carbonyl (C=O) groups excluding carboxylic acids is 1. The lowest BCUT2D eigenvalue weighted by molar-refractivity contribution is 0.0145. The fourth-order valence-electron chi connectivity index (χ4n) is 3.52. The fraction of sp³-hybridized carbons (Fsp3) is 0.773. The summed E-state index contributed by atoms with van der Waals surface area (Å²) in [5, 5.41) is 10.9. The summed E-state index contributed by atoms with van der Waals surface area (Å²) in [5.74, 6) is 1.71. The highest BCUT2D eigenvalue weighted by atomic mass is 127. The van der Waals surface area contributed by atoms with Crippen molar-refractivity contribution in [2.24, 2.45) is 4.99 Å². The number of nitrogens with zero attached hydrogens (tertiary/aromatic N) is 4. The first kappa shape index (κ1) is 28.5. The van der Waals surface area contributed by atoms with Crippen LogP contribution in [-0.2, 0) is 24.1 Å². The molecule has 0 aromatic carbocycles. The number of hydrogen-bond donors (Lipinski definition) is 2. The Morgan fingerprint density at radius 1 is 1.16 bits per heavy atom. The second kappa shape index (κ2) is 13.9. The van der Waals surface area contributed by atoms with Gasteiger partial charge in [0.1, 0.15) is 11.4 Å². The van der Waals surface area contributed by atoms with Crippen LogP contribution in [0.2, 0.25) is 0 Å². The van der Waals surface area contributed by atoms with Gasteiger partial charge in [-0.15, -0.1) is 24.0 Å². The SMILES string of the molecule is CCc1noc(CC)c1CNC(=NC)NCCCN1CCN(C(=O)OC(C)(C)C)CC1.I. The number of hydrogen-bond acceptors (Lipinski definition) is 6. The van der Waals surface area contributed by atoms with Crippen LogP contribution in [0, 0.1) is 0 Å². The third-order valence-electron chi connectivity index (χ3n) is 5.23. The van der Waals surface area contributed by atoms with Gasteiger partial charge in [-0.1, -0.05) is 19.0 Å². The van der Waals surface area contributed by atoms with Crippen LogP contribution in [0.5, 0.6) is 0 Å². The van der Waals surface area contributed by atoms with Gasteiger partial charge < -0.3 is 24.8 Å². The van der Waals surface area contributed by atoms with E-state index in [1.54, 1.807) is 11.9 Å². The molecule has 1 aromatic heterocycles. The topological polar surface area (TPSA) is 95.2 Å². The summed E-state index contributed by atoms with van der Waals surface area (Å²) in [7, 11) is 1.78. The Labute approximate surface area is 209 Å². The first-order valence-electron chi connectivity index (χ1n) is 11.4. The van der Waals surface area contributed by atoms with E-state index in [0.29, 0.717) is 19.6 Å². The molecule has 1 fully saturated rings. The number of amides is 1. The standard InChI is InChI=1S/C22H40N6O3.HI/c1-7-18-17(19(8-2)31-26-18)16-25-20(23-6)24-10-9-11-27-12-14-28(15-13-27)21(29)30-22(3,4)5;/h7-16H2,1-6H3,(H2,23,24,25);1H. The van der Waals surface area contributed by atoms with Gasteiger partial charge in [-0.05, 0) is 40.2 Å². The van der Waals surface area contributed by atoms with Crippen molar-refractivity contribution in [3.8, 4) is 0 Å². The molecule has 0 saturated carbocycles. The highest BCUT2D eigenvalue weighted by Gasteiger charge is 2.25. The van der Waals surface area contributed by atoms with Gasteiger partial charge in [-0.25, -0.2) is 4.79 Å². The zero-order chi connectivity index (χ0) is 22.9. The van der Waals surface area contributed by atoms with Gasteiger partial charge in [-0.3, -0.25) is 9.89 Å². The first-order chi connectivity index (χ1) is 14.8. The zero-order valence-electron chi connectivity index (χ0n) is 20.5. The van der Waals surface area contributed by atoms with Gasteiger partial charge in [0.15, 0.2) is 5.96 Å². The van der Waals surface area contributed by atoms with Crippen molar-refractivity contribution >= 4 is 36.0 Å². The maximum atomic E-state index is 12.2. The Morgan fingerprint density at radius 2 is 1.84 bits per heavy atom. The van der Waals surface area contributed by atoms with E-state index in [1.165, 1.54) is 0 Å². The number of carbonyl (C=O) groups is 1. The average Bonchev–Trinajstić information content (AvgIpc) is 3.14. The molecule has 1 amide bonds. The second-order valence-corrected chi connectivity index (χ2v) is 8.75. The van der Waals surface area contributed by atoms with Gasteiger partial charge in [0.2, 0.25) is 0 Å². The molecule has 9 nitrogen and oxygen atoms in total. The Kier molecular flexibility index (Phi) is 12.3. The normalized spacial score (nSPS) is 15.3. The van der Waals surface area contributed by atoms with E-state index in [2.05, 4.69) is 39.5 Å². The highest BCUT2D eigenvalue weighted by molar-refractivity contribution is 14.0. The van der Waals surface area contributed by atoms with Crippen molar-refractivity contribution in [1.82, 2.24) is 25.6 Å². The minimum atomic E-state index is -0.448. The van der Waals surface area contributed by atoms with Crippen LogP contribution in [0.25, 0.3) is 0 Å². The van der Waals surface area contributed by atoms with E-state index < -0.39 is 5.60 Å². The number of aryl methyl sites for hydroxylation is 2. The first-order valence-corrected chi connectivity index (χ1v) is 11.4. The van der Waals surface area contributed by atoms with Crippen molar-refractivity contribution in [2.75, 3.05) is 46.3 Å². The molecule has 2 heterocycles. The van der Waals surface area contributed by atoms with Crippen molar-refractivity contribution < 1.29 is 14.1 Å². The van der Waals surface area contributed by atoms with Crippen molar-refractivity contribution in [1.29, 1.82) is 0 Å². The molecule has 184 valence electrons. The molecule has 1 aliphatic rings. The van der Waals surface area contributed by atoms with Crippen LogP contribution in [0.15, 0.2) is 9.52 Å². The summed E-state index contributed by atoms with van der Waals surface area (Å²) < 4.78 is 10.9. The van der Waals surface area contributed by atoms with E-state index in [4.69, 9.17) is 9.26 Å². The lowest BCUT2D eigenvalue weighted by Gasteiger charge is -2.35. The largest absolute Gasteiger partial charge is 0.444 e. The predicted octanol–water partition coefficient (Wildman–Crippen LogP) is 3.03. The molecule has 0 unspecified atom stereocenters. The van der Waals surface area contributed by atoms with E-state index in [9.17, 15) is 4.79 Å². The van der Waals surface area contributed by atoms with Crippen LogP contribution in [0.3, 0.4) is 0 Å². The van der Waals surface area contributed by atoms with E-state index in [0.717, 1.165) is 68.4 Å². The second-order valence-electron chi connectivity index (χ2n) is 8.75. The van der Waals surface area contributed by atoms with Gasteiger partial charge >= 0.3 is 6.09 Å². The number of halogens is 1. The molecule has 1 saturated heterocycles. The minimum Gasteiger partial charge on any atom is -0.444 e. The van der Waals surface area contributed by atoms with Crippen LogP contribution in [-0.4, -0.2) is 78.9 Å². The number of rotatable bonds is 8. The summed E-state index contributed by atoms with van der Waals surface area (Å²) in [6.07, 6.45) is 2.47. The van der Waals surface area contributed by atoms with Crippen LogP contribution >= 0.6 is 24.0 Å². The fourth-order valence-corrected chi connectivity index (χ4v) is 3.52. The third kappa shape index (κ3) is 9.13. The Bertz CT molecular complexity index is 702. The Hall–Kier alpha value is -1.56. The maximum absolute atomic E-state index is 12.2. The molecular formula is C22H41IN6O3. The van der Waals surface area contributed by atoms with Crippen molar-refractivity contribution in [3.05, 3.63) is 17.0 Å². The highest BCUT2D eigenvalue weighted by Crippen LogP contribution is 2.15. The molecule has 1 aliphatic heterocycles. The summed E-state index contributed by atoms with van der Waals surface area (Å²) in [4.78, 5) is 20.7. The van der Waals surface area contributed by atoms with E-state index >= 15 is 0 Å². The molecule has 0 bridgehead atoms. The quantitative estimate of drug-likeness (QED) is 0.217. The maximum Gasteiger partial charge on any atom is 0.410 e. The van der Waals surface area contributed by atoms with Gasteiger partial charge in [0, 0.05) is 58.3 Å². The van der Waals surface area contributed by atoms with Gasteiger partial charge in [0.25, 0.3) is 0 Å². The monoisotopic (exact) mass is 564 g/mol. The molecule has 0 atom stereocenters. The molecule has 0 spiro atoms. The zero-order valence-corrected chi connectivity index (χ0v) is 22.8. The van der Waals surface area contributed by atoms with Crippen LogP contribution < -0.4 is 10.6 Å². The molecular weight excluding hydrogens is 523 g/mol. The van der Waals surface area contributed by atoms with Crippen LogP contribution in [0.1, 0.15) is 58.1 Å². The number of aromatic nitrogens is 1. The number of ether oxygens (including phenoxy) is 1. The number of nitrogens with one attached hydrogen (secondary N) is 2. The summed E-state index contributed by atoms with van der Waals surface area (Å²) >= 11 is 0. The minimum absolute atomic E-state index is 0. The molecule has 10 heteroatoms. The van der Waals surface area contributed by atoms with Crippen LogP contribution in [0.4, 0.5) is 4.79 Å². The molecule has 32 heavy (non-hydrogen) atoms. The Balaban J connectivity index is 0.00000512. The molecule has 0 aliphatic carbocycles. The number of piperazine rings is 1. The van der Waals surface area contributed by atoms with Gasteiger partial charge in [0.05, 0.1) is 5.69 Å². The predicted molar refractivity (Wildman–Crippen MR) is 138 cm³/mol. The van der Waals surface area contributed by atoms with Crippen molar-refractivity contribution in [2.45, 2.75) is 66.0 Å². The summed E-state index contributed by atoms with van der Waals surface area (Å²) in [6, 6.07) is 0. The molecule has 0 radical (unpaired) electrons. The smallest absolute Gasteiger partial charge is 0.410 e. The summed E-state index contributed by atoms with van der Waals surface area (Å²) in [5.41, 5.74) is 1.69. The number of guanidine groups is 1. The lowest BCUT2D eigenvalue weighted by Crippen LogP contribution is -2.50. The molecule has 2 rings (SSSR count). The van der Waals surface area contributed by atoms with Gasteiger partial charge in [-0.2, -0.15) is 0 Å².